The average Bonchev–Trinajstić information content (AvgIpc) is 2.39. The number of hydrogen-bond donors (Lipinski definition) is 0. The van der Waals surface area contributed by atoms with Crippen LogP contribution in [0.3, 0.4) is 0 Å². The largest absolute Gasteiger partial charge is 0.345 e. The fourth-order valence-electron chi connectivity index (χ4n) is 1.65. The second-order valence-corrected chi connectivity index (χ2v) is 4.11. The van der Waals surface area contributed by atoms with Gasteiger partial charge in [0.25, 0.3) is 5.91 Å². The van der Waals surface area contributed by atoms with Gasteiger partial charge in [-0.25, -0.2) is 4.39 Å². The summed E-state index contributed by atoms with van der Waals surface area (Å²) < 4.78 is 14.3. The molecule has 92 valence electrons. The van der Waals surface area contributed by atoms with Gasteiger partial charge in [0.1, 0.15) is 5.82 Å². The van der Waals surface area contributed by atoms with E-state index in [2.05, 4.69) is 4.98 Å². The SMILES string of the molecule is CN(C)C(=O)c1cncc(-c2ccccc2)c1F. The van der Waals surface area contributed by atoms with E-state index in [1.807, 2.05) is 18.2 Å². The summed E-state index contributed by atoms with van der Waals surface area (Å²) in [4.78, 5) is 17.1. The minimum absolute atomic E-state index is 0.0126. The lowest BCUT2D eigenvalue weighted by Gasteiger charge is -2.12. The van der Waals surface area contributed by atoms with Crippen LogP contribution in [0.5, 0.6) is 0 Å². The second kappa shape index (κ2) is 4.96. The first kappa shape index (κ1) is 12.2. The molecule has 1 amide bonds. The van der Waals surface area contributed by atoms with Crippen molar-refractivity contribution in [2.75, 3.05) is 14.1 Å². The van der Waals surface area contributed by atoms with Crippen LogP contribution in [-0.2, 0) is 0 Å². The van der Waals surface area contributed by atoms with Gasteiger partial charge in [-0.1, -0.05) is 30.3 Å². The van der Waals surface area contributed by atoms with E-state index in [1.165, 1.54) is 17.3 Å². The number of rotatable bonds is 2. The Morgan fingerprint density at radius 2 is 1.83 bits per heavy atom. The van der Waals surface area contributed by atoms with E-state index >= 15 is 0 Å². The van der Waals surface area contributed by atoms with Crippen molar-refractivity contribution in [3.8, 4) is 11.1 Å². The van der Waals surface area contributed by atoms with E-state index in [-0.39, 0.29) is 5.56 Å². The van der Waals surface area contributed by atoms with Gasteiger partial charge in [0.2, 0.25) is 0 Å². The maximum absolute atomic E-state index is 14.3. The van der Waals surface area contributed by atoms with Crippen molar-refractivity contribution >= 4 is 5.91 Å². The molecule has 0 bridgehead atoms. The fourth-order valence-corrected chi connectivity index (χ4v) is 1.65. The van der Waals surface area contributed by atoms with Crippen LogP contribution in [0.15, 0.2) is 42.7 Å². The zero-order chi connectivity index (χ0) is 13.1. The molecule has 1 heterocycles. The summed E-state index contributed by atoms with van der Waals surface area (Å²) in [5.41, 5.74) is 1.03. The standard InChI is InChI=1S/C14H13FN2O/c1-17(2)14(18)12-9-16-8-11(13(12)15)10-6-4-3-5-7-10/h3-9H,1-2H3. The highest BCUT2D eigenvalue weighted by molar-refractivity contribution is 5.95. The molecule has 2 aromatic rings. The number of carbonyl (C=O) groups excluding carboxylic acids is 1. The molecule has 0 unspecified atom stereocenters. The number of aromatic nitrogens is 1. The molecule has 0 fully saturated rings. The van der Waals surface area contributed by atoms with Gasteiger partial charge in [0.15, 0.2) is 0 Å². The summed E-state index contributed by atoms with van der Waals surface area (Å²) in [6, 6.07) is 9.04. The third-order valence-corrected chi connectivity index (χ3v) is 2.60. The fraction of sp³-hybridized carbons (Fsp3) is 0.143. The quantitative estimate of drug-likeness (QED) is 0.813. The van der Waals surface area contributed by atoms with E-state index in [0.717, 1.165) is 0 Å². The Hall–Kier alpha value is -2.23. The number of amides is 1. The molecular weight excluding hydrogens is 231 g/mol. The molecule has 2 rings (SSSR count). The topological polar surface area (TPSA) is 33.2 Å². The number of halogens is 1. The summed E-state index contributed by atoms with van der Waals surface area (Å²) >= 11 is 0. The molecule has 0 aliphatic carbocycles. The summed E-state index contributed by atoms with van der Waals surface area (Å²) in [6.07, 6.45) is 2.68. The molecule has 0 N–H and O–H groups in total. The van der Waals surface area contributed by atoms with E-state index in [4.69, 9.17) is 0 Å². The predicted molar refractivity (Wildman–Crippen MR) is 67.6 cm³/mol. The van der Waals surface area contributed by atoms with Gasteiger partial charge in [-0.05, 0) is 5.56 Å². The van der Waals surface area contributed by atoms with Gasteiger partial charge in [-0.2, -0.15) is 0 Å². The monoisotopic (exact) mass is 244 g/mol. The molecule has 0 atom stereocenters. The van der Waals surface area contributed by atoms with Crippen molar-refractivity contribution in [1.82, 2.24) is 9.88 Å². The molecule has 0 saturated heterocycles. The maximum atomic E-state index is 14.3. The molecule has 18 heavy (non-hydrogen) atoms. The van der Waals surface area contributed by atoms with Crippen molar-refractivity contribution in [2.45, 2.75) is 0 Å². The van der Waals surface area contributed by atoms with Crippen molar-refractivity contribution in [3.63, 3.8) is 0 Å². The lowest BCUT2D eigenvalue weighted by atomic mass is 10.0. The lowest BCUT2D eigenvalue weighted by Crippen LogP contribution is -2.23. The Kier molecular flexibility index (Phi) is 3.37. The summed E-state index contributed by atoms with van der Waals surface area (Å²) in [6.45, 7) is 0. The highest BCUT2D eigenvalue weighted by Crippen LogP contribution is 2.24. The van der Waals surface area contributed by atoms with Gasteiger partial charge in [0, 0.05) is 32.1 Å². The van der Waals surface area contributed by atoms with Crippen LogP contribution in [-0.4, -0.2) is 29.9 Å². The Balaban J connectivity index is 2.52. The molecule has 1 aromatic carbocycles. The average molecular weight is 244 g/mol. The first-order valence-corrected chi connectivity index (χ1v) is 5.52. The first-order chi connectivity index (χ1) is 8.61. The van der Waals surface area contributed by atoms with Gasteiger partial charge < -0.3 is 4.90 Å². The third-order valence-electron chi connectivity index (χ3n) is 2.60. The molecule has 0 aliphatic heterocycles. The Morgan fingerprint density at radius 3 is 2.44 bits per heavy atom. The van der Waals surface area contributed by atoms with E-state index < -0.39 is 11.7 Å². The van der Waals surface area contributed by atoms with Gasteiger partial charge >= 0.3 is 0 Å². The zero-order valence-corrected chi connectivity index (χ0v) is 10.2. The minimum atomic E-state index is -0.532. The molecular formula is C14H13FN2O. The van der Waals surface area contributed by atoms with Crippen LogP contribution < -0.4 is 0 Å². The smallest absolute Gasteiger partial charge is 0.257 e. The van der Waals surface area contributed by atoms with Crippen LogP contribution in [0.4, 0.5) is 4.39 Å². The van der Waals surface area contributed by atoms with E-state index in [0.29, 0.717) is 11.1 Å². The van der Waals surface area contributed by atoms with Crippen LogP contribution in [0, 0.1) is 5.82 Å². The van der Waals surface area contributed by atoms with Gasteiger partial charge in [-0.3, -0.25) is 9.78 Å². The van der Waals surface area contributed by atoms with Crippen molar-refractivity contribution in [2.24, 2.45) is 0 Å². The van der Waals surface area contributed by atoms with Crippen LogP contribution in [0.2, 0.25) is 0 Å². The second-order valence-electron chi connectivity index (χ2n) is 4.11. The molecule has 0 aliphatic rings. The zero-order valence-electron chi connectivity index (χ0n) is 10.2. The van der Waals surface area contributed by atoms with Gasteiger partial charge in [-0.15, -0.1) is 0 Å². The Morgan fingerprint density at radius 1 is 1.17 bits per heavy atom. The lowest BCUT2D eigenvalue weighted by molar-refractivity contribution is 0.0822. The van der Waals surface area contributed by atoms with Crippen molar-refractivity contribution in [3.05, 3.63) is 54.1 Å². The van der Waals surface area contributed by atoms with Crippen LogP contribution in [0.1, 0.15) is 10.4 Å². The van der Waals surface area contributed by atoms with E-state index in [1.54, 1.807) is 26.2 Å². The van der Waals surface area contributed by atoms with Crippen molar-refractivity contribution in [1.29, 1.82) is 0 Å². The number of benzene rings is 1. The molecule has 0 saturated carbocycles. The Bertz CT molecular complexity index is 567. The minimum Gasteiger partial charge on any atom is -0.345 e. The third kappa shape index (κ3) is 2.22. The highest BCUT2D eigenvalue weighted by atomic mass is 19.1. The Labute approximate surface area is 105 Å². The van der Waals surface area contributed by atoms with Crippen LogP contribution >= 0.6 is 0 Å². The molecule has 0 radical (unpaired) electrons. The number of carbonyl (C=O) groups is 1. The van der Waals surface area contributed by atoms with Crippen molar-refractivity contribution < 1.29 is 9.18 Å². The normalized spacial score (nSPS) is 10.2. The first-order valence-electron chi connectivity index (χ1n) is 5.52. The number of hydrogen-bond acceptors (Lipinski definition) is 2. The summed E-state index contributed by atoms with van der Waals surface area (Å²) in [7, 11) is 3.16. The van der Waals surface area contributed by atoms with Crippen LogP contribution in [0.25, 0.3) is 11.1 Å². The van der Waals surface area contributed by atoms with E-state index in [9.17, 15) is 9.18 Å². The predicted octanol–water partition coefficient (Wildman–Crippen LogP) is 2.59. The number of nitrogens with zero attached hydrogens (tertiary/aromatic N) is 2. The molecule has 0 spiro atoms. The highest BCUT2D eigenvalue weighted by Gasteiger charge is 2.17. The summed E-state index contributed by atoms with van der Waals surface area (Å²) in [5.74, 6) is -0.923. The molecule has 3 nitrogen and oxygen atoms in total. The number of pyridine rings is 1. The summed E-state index contributed by atoms with van der Waals surface area (Å²) in [5, 5.41) is 0. The maximum Gasteiger partial charge on any atom is 0.257 e. The molecule has 4 heteroatoms. The van der Waals surface area contributed by atoms with Gasteiger partial charge in [0.05, 0.1) is 5.56 Å². The molecule has 1 aromatic heterocycles.